The summed E-state index contributed by atoms with van der Waals surface area (Å²) in [4.78, 5) is 0.369. The van der Waals surface area contributed by atoms with Crippen molar-refractivity contribution in [1.29, 1.82) is 0 Å². The van der Waals surface area contributed by atoms with E-state index in [1.807, 2.05) is 0 Å². The summed E-state index contributed by atoms with van der Waals surface area (Å²) in [6.45, 7) is 0.444. The molecule has 5 heteroatoms. The fourth-order valence-electron chi connectivity index (χ4n) is 2.62. The first-order chi connectivity index (χ1) is 8.59. The third kappa shape index (κ3) is 2.37. The molecule has 0 amide bonds. The molecule has 1 aromatic rings. The summed E-state index contributed by atoms with van der Waals surface area (Å²) >= 11 is 0. The van der Waals surface area contributed by atoms with Gasteiger partial charge in [-0.3, -0.25) is 0 Å². The van der Waals surface area contributed by atoms with E-state index in [1.165, 1.54) is 0 Å². The topological polar surface area (TPSA) is 69.4 Å². The number of hydrogen-bond acceptors (Lipinski definition) is 4. The lowest BCUT2D eigenvalue weighted by Crippen LogP contribution is -2.30. The predicted octanol–water partition coefficient (Wildman–Crippen LogP) is 1.60. The average Bonchev–Trinajstić information content (AvgIpc) is 2.88. The summed E-state index contributed by atoms with van der Waals surface area (Å²) in [6, 6.07) is 6.58. The number of rotatable bonds is 4. The van der Waals surface area contributed by atoms with Gasteiger partial charge in [0.1, 0.15) is 5.75 Å². The maximum absolute atomic E-state index is 12.5. The highest BCUT2D eigenvalue weighted by Gasteiger charge is 2.37. The van der Waals surface area contributed by atoms with Crippen molar-refractivity contribution in [2.45, 2.75) is 29.4 Å². The standard InChI is InChI=1S/C13H19NO3S/c1-17-11-5-7-12(8-6-11)18(15,16)13-4-2-3-10(13)9-14/h5-8,10,13H,2-4,9,14H2,1H3. The van der Waals surface area contributed by atoms with Crippen LogP contribution in [0.2, 0.25) is 0 Å². The lowest BCUT2D eigenvalue weighted by molar-refractivity contribution is 0.414. The first-order valence-electron chi connectivity index (χ1n) is 6.17. The third-order valence-electron chi connectivity index (χ3n) is 3.68. The molecule has 100 valence electrons. The Morgan fingerprint density at radius 1 is 1.28 bits per heavy atom. The monoisotopic (exact) mass is 269 g/mol. The molecule has 0 aliphatic heterocycles. The Labute approximate surface area is 108 Å². The van der Waals surface area contributed by atoms with Crippen LogP contribution in [0, 0.1) is 5.92 Å². The van der Waals surface area contributed by atoms with Gasteiger partial charge in [-0.1, -0.05) is 6.42 Å². The molecule has 2 N–H and O–H groups in total. The molecule has 1 aromatic carbocycles. The number of hydrogen-bond donors (Lipinski definition) is 1. The van der Waals surface area contributed by atoms with E-state index in [0.29, 0.717) is 17.2 Å². The van der Waals surface area contributed by atoms with Crippen LogP contribution in [-0.2, 0) is 9.84 Å². The Morgan fingerprint density at radius 3 is 2.50 bits per heavy atom. The molecule has 0 bridgehead atoms. The highest BCUT2D eigenvalue weighted by molar-refractivity contribution is 7.92. The lowest BCUT2D eigenvalue weighted by Gasteiger charge is -2.18. The van der Waals surface area contributed by atoms with Crippen LogP contribution in [0.3, 0.4) is 0 Å². The van der Waals surface area contributed by atoms with Crippen molar-refractivity contribution in [2.75, 3.05) is 13.7 Å². The second kappa shape index (κ2) is 5.28. The minimum Gasteiger partial charge on any atom is -0.497 e. The third-order valence-corrected chi connectivity index (χ3v) is 6.03. The molecule has 0 heterocycles. The van der Waals surface area contributed by atoms with Crippen molar-refractivity contribution in [2.24, 2.45) is 11.7 Å². The summed E-state index contributed by atoms with van der Waals surface area (Å²) in [5.41, 5.74) is 5.66. The van der Waals surface area contributed by atoms with Gasteiger partial charge < -0.3 is 10.5 Å². The Hall–Kier alpha value is -1.07. The first kappa shape index (κ1) is 13.4. The molecular weight excluding hydrogens is 250 g/mol. The van der Waals surface area contributed by atoms with Crippen LogP contribution in [0.1, 0.15) is 19.3 Å². The molecule has 0 aromatic heterocycles. The molecule has 0 radical (unpaired) electrons. The molecule has 0 saturated heterocycles. The molecule has 0 spiro atoms. The number of sulfone groups is 1. The van der Waals surface area contributed by atoms with Gasteiger partial charge in [-0.05, 0) is 49.6 Å². The zero-order chi connectivity index (χ0) is 13.2. The van der Waals surface area contributed by atoms with Gasteiger partial charge in [0, 0.05) is 0 Å². The predicted molar refractivity (Wildman–Crippen MR) is 70.4 cm³/mol. The molecule has 1 aliphatic carbocycles. The number of benzene rings is 1. The van der Waals surface area contributed by atoms with Gasteiger partial charge in [0.2, 0.25) is 0 Å². The van der Waals surface area contributed by atoms with E-state index < -0.39 is 9.84 Å². The highest BCUT2D eigenvalue weighted by Crippen LogP contribution is 2.34. The largest absolute Gasteiger partial charge is 0.497 e. The van der Waals surface area contributed by atoms with Gasteiger partial charge in [0.05, 0.1) is 17.3 Å². The second-order valence-corrected chi connectivity index (χ2v) is 6.85. The van der Waals surface area contributed by atoms with Crippen molar-refractivity contribution in [3.8, 4) is 5.75 Å². The Kier molecular flexibility index (Phi) is 3.92. The molecule has 1 fully saturated rings. The normalized spacial score (nSPS) is 24.1. The van der Waals surface area contributed by atoms with E-state index in [-0.39, 0.29) is 11.2 Å². The summed E-state index contributed by atoms with van der Waals surface area (Å²) in [5.74, 6) is 0.757. The highest BCUT2D eigenvalue weighted by atomic mass is 32.2. The summed E-state index contributed by atoms with van der Waals surface area (Å²) in [5, 5.41) is -0.323. The smallest absolute Gasteiger partial charge is 0.181 e. The van der Waals surface area contributed by atoms with Crippen molar-refractivity contribution in [3.63, 3.8) is 0 Å². The molecule has 2 rings (SSSR count). The maximum Gasteiger partial charge on any atom is 0.181 e. The van der Waals surface area contributed by atoms with Gasteiger partial charge in [0.25, 0.3) is 0 Å². The Bertz CT molecular complexity index is 495. The van der Waals surface area contributed by atoms with E-state index in [2.05, 4.69) is 0 Å². The van der Waals surface area contributed by atoms with Gasteiger partial charge in [-0.2, -0.15) is 0 Å². The van der Waals surface area contributed by atoms with Gasteiger partial charge in [0.15, 0.2) is 9.84 Å². The number of methoxy groups -OCH3 is 1. The minimum absolute atomic E-state index is 0.0945. The van der Waals surface area contributed by atoms with Crippen LogP contribution in [0.25, 0.3) is 0 Å². The lowest BCUT2D eigenvalue weighted by atomic mass is 10.1. The van der Waals surface area contributed by atoms with Gasteiger partial charge >= 0.3 is 0 Å². The molecule has 1 aliphatic rings. The van der Waals surface area contributed by atoms with Crippen molar-refractivity contribution in [3.05, 3.63) is 24.3 Å². The summed E-state index contributed by atoms with van der Waals surface area (Å²) in [6.07, 6.45) is 2.58. The van der Waals surface area contributed by atoms with Crippen LogP contribution >= 0.6 is 0 Å². The fourth-order valence-corrected chi connectivity index (χ4v) is 4.72. The van der Waals surface area contributed by atoms with Crippen molar-refractivity contribution in [1.82, 2.24) is 0 Å². The van der Waals surface area contributed by atoms with Gasteiger partial charge in [-0.15, -0.1) is 0 Å². The van der Waals surface area contributed by atoms with Crippen LogP contribution in [0.15, 0.2) is 29.2 Å². The van der Waals surface area contributed by atoms with E-state index in [9.17, 15) is 8.42 Å². The van der Waals surface area contributed by atoms with E-state index >= 15 is 0 Å². The number of ether oxygens (including phenoxy) is 1. The first-order valence-corrected chi connectivity index (χ1v) is 7.72. The molecule has 2 atom stereocenters. The quantitative estimate of drug-likeness (QED) is 0.901. The van der Waals surface area contributed by atoms with Crippen LogP contribution in [0.4, 0.5) is 0 Å². The van der Waals surface area contributed by atoms with Crippen molar-refractivity contribution < 1.29 is 13.2 Å². The molecule has 4 nitrogen and oxygen atoms in total. The average molecular weight is 269 g/mol. The molecule has 18 heavy (non-hydrogen) atoms. The second-order valence-electron chi connectivity index (χ2n) is 4.69. The minimum atomic E-state index is -3.26. The Morgan fingerprint density at radius 2 is 1.94 bits per heavy atom. The van der Waals surface area contributed by atoms with E-state index in [4.69, 9.17) is 10.5 Å². The fraction of sp³-hybridized carbons (Fsp3) is 0.538. The number of nitrogens with two attached hydrogens (primary N) is 1. The molecule has 1 saturated carbocycles. The van der Waals surface area contributed by atoms with Crippen LogP contribution in [0.5, 0.6) is 5.75 Å². The summed E-state index contributed by atoms with van der Waals surface area (Å²) < 4.78 is 30.0. The van der Waals surface area contributed by atoms with E-state index in [0.717, 1.165) is 19.3 Å². The summed E-state index contributed by atoms with van der Waals surface area (Å²) in [7, 11) is -1.70. The molecular formula is C13H19NO3S. The van der Waals surface area contributed by atoms with Crippen LogP contribution in [-0.4, -0.2) is 27.3 Å². The van der Waals surface area contributed by atoms with Gasteiger partial charge in [-0.25, -0.2) is 8.42 Å². The zero-order valence-corrected chi connectivity index (χ0v) is 11.3. The van der Waals surface area contributed by atoms with Crippen molar-refractivity contribution >= 4 is 9.84 Å². The Balaban J connectivity index is 2.29. The SMILES string of the molecule is COc1ccc(S(=O)(=O)C2CCCC2CN)cc1. The van der Waals surface area contributed by atoms with Crippen LogP contribution < -0.4 is 10.5 Å². The zero-order valence-electron chi connectivity index (χ0n) is 10.5. The van der Waals surface area contributed by atoms with E-state index in [1.54, 1.807) is 31.4 Å². The molecule has 2 unspecified atom stereocenters. The maximum atomic E-state index is 12.5.